The molecule has 1 heterocycles. The first-order chi connectivity index (χ1) is 13.4. The lowest BCUT2D eigenvalue weighted by molar-refractivity contribution is -0.274. The number of nitrogens with one attached hydrogen (secondary N) is 1. The second-order valence-electron chi connectivity index (χ2n) is 7.49. The quantitative estimate of drug-likeness (QED) is 0.584. The van der Waals surface area contributed by atoms with Crippen LogP contribution in [-0.4, -0.2) is 57.1 Å². The summed E-state index contributed by atoms with van der Waals surface area (Å²) in [5.41, 5.74) is 0.581. The molecule has 2 atom stereocenters. The van der Waals surface area contributed by atoms with E-state index in [-0.39, 0.29) is 17.7 Å². The van der Waals surface area contributed by atoms with Gasteiger partial charge in [-0.25, -0.2) is 0 Å². The Kier molecular flexibility index (Phi) is 6.69. The number of benzene rings is 1. The van der Waals surface area contributed by atoms with Gasteiger partial charge in [-0.2, -0.15) is 0 Å². The fourth-order valence-electron chi connectivity index (χ4n) is 3.73. The molecule has 156 valence electrons. The number of aliphatic imine (C=N–C) groups is 1. The lowest BCUT2D eigenvalue weighted by atomic mass is 9.96. The minimum atomic E-state index is -4.69. The maximum absolute atomic E-state index is 12.6. The lowest BCUT2D eigenvalue weighted by Gasteiger charge is -2.27. The number of halogens is 3. The predicted molar refractivity (Wildman–Crippen MR) is 102 cm³/mol. The highest BCUT2D eigenvalue weighted by atomic mass is 19.4. The number of nitrogens with zero attached hydrogens (tertiary/aromatic N) is 2. The van der Waals surface area contributed by atoms with Crippen LogP contribution in [0.5, 0.6) is 5.75 Å². The van der Waals surface area contributed by atoms with Crippen molar-refractivity contribution in [2.45, 2.75) is 44.0 Å². The van der Waals surface area contributed by atoms with E-state index in [2.05, 4.69) is 19.9 Å². The van der Waals surface area contributed by atoms with Crippen LogP contribution in [0.4, 0.5) is 13.2 Å². The van der Waals surface area contributed by atoms with Crippen LogP contribution >= 0.6 is 0 Å². The molecule has 8 heteroatoms. The summed E-state index contributed by atoms with van der Waals surface area (Å²) in [6.45, 7) is 2.56. The average molecular weight is 399 g/mol. The molecule has 2 unspecified atom stereocenters. The summed E-state index contributed by atoms with van der Waals surface area (Å²) < 4.78 is 47.5. The molecule has 1 saturated carbocycles. The van der Waals surface area contributed by atoms with Crippen LogP contribution in [0, 0.1) is 5.92 Å². The predicted octanol–water partition coefficient (Wildman–Crippen LogP) is 3.77. The van der Waals surface area contributed by atoms with Crippen molar-refractivity contribution < 1.29 is 22.6 Å². The first kappa shape index (κ1) is 20.8. The third-order valence-electron chi connectivity index (χ3n) is 5.44. The molecule has 28 heavy (non-hydrogen) atoms. The molecule has 1 aliphatic heterocycles. The van der Waals surface area contributed by atoms with Crippen LogP contribution in [0.2, 0.25) is 0 Å². The molecule has 0 radical (unpaired) electrons. The zero-order valence-electron chi connectivity index (χ0n) is 16.3. The van der Waals surface area contributed by atoms with Gasteiger partial charge in [0.25, 0.3) is 0 Å². The van der Waals surface area contributed by atoms with Gasteiger partial charge in [-0.05, 0) is 43.2 Å². The fourth-order valence-corrected chi connectivity index (χ4v) is 3.73. The highest BCUT2D eigenvalue weighted by Gasteiger charge is 2.42. The van der Waals surface area contributed by atoms with Gasteiger partial charge in [0.05, 0.1) is 0 Å². The molecule has 0 aromatic heterocycles. The Labute approximate surface area is 163 Å². The molecule has 0 spiro atoms. The van der Waals surface area contributed by atoms with Crippen LogP contribution in [0.1, 0.15) is 37.2 Å². The number of ether oxygens (including phenoxy) is 2. The van der Waals surface area contributed by atoms with E-state index in [0.29, 0.717) is 11.5 Å². The number of alkyl halides is 3. The third-order valence-corrected chi connectivity index (χ3v) is 5.44. The van der Waals surface area contributed by atoms with Crippen molar-refractivity contribution in [3.05, 3.63) is 29.8 Å². The van der Waals surface area contributed by atoms with Crippen molar-refractivity contribution in [2.24, 2.45) is 10.9 Å². The summed E-state index contributed by atoms with van der Waals surface area (Å²) >= 11 is 0. The standard InChI is InChI=1S/C20H28F3N3O2/c1-24-19(26(2)10-7-14-8-11-27-12-9-14)25-17-13-16(17)15-5-3-4-6-18(15)28-20(21,22)23/h3-6,14,16-17H,7-13H2,1-2H3,(H,24,25). The van der Waals surface area contributed by atoms with Gasteiger partial charge in [0, 0.05) is 45.8 Å². The van der Waals surface area contributed by atoms with E-state index in [1.54, 1.807) is 25.2 Å². The molecule has 1 aromatic rings. The number of rotatable bonds is 6. The van der Waals surface area contributed by atoms with Crippen molar-refractivity contribution in [3.63, 3.8) is 0 Å². The maximum atomic E-state index is 12.6. The first-order valence-electron chi connectivity index (χ1n) is 9.74. The number of para-hydroxylation sites is 1. The molecular weight excluding hydrogens is 371 g/mol. The van der Waals surface area contributed by atoms with Gasteiger partial charge in [0.1, 0.15) is 5.75 Å². The Balaban J connectivity index is 1.53. The van der Waals surface area contributed by atoms with Crippen molar-refractivity contribution in [1.29, 1.82) is 0 Å². The van der Waals surface area contributed by atoms with Gasteiger partial charge < -0.3 is 19.7 Å². The summed E-state index contributed by atoms with van der Waals surface area (Å²) in [4.78, 5) is 6.42. The minimum Gasteiger partial charge on any atom is -0.405 e. The van der Waals surface area contributed by atoms with Gasteiger partial charge in [0.15, 0.2) is 5.96 Å². The van der Waals surface area contributed by atoms with Crippen LogP contribution in [-0.2, 0) is 4.74 Å². The number of hydrogen-bond donors (Lipinski definition) is 1. The van der Waals surface area contributed by atoms with Crippen LogP contribution < -0.4 is 10.1 Å². The molecule has 5 nitrogen and oxygen atoms in total. The molecule has 1 aliphatic carbocycles. The first-order valence-corrected chi connectivity index (χ1v) is 9.74. The molecule has 0 bridgehead atoms. The Morgan fingerprint density at radius 2 is 2.00 bits per heavy atom. The minimum absolute atomic E-state index is 0.0146. The second-order valence-corrected chi connectivity index (χ2v) is 7.49. The monoisotopic (exact) mass is 399 g/mol. The molecule has 3 rings (SSSR count). The van der Waals surface area contributed by atoms with Crippen molar-refractivity contribution in [1.82, 2.24) is 10.2 Å². The summed E-state index contributed by atoms with van der Waals surface area (Å²) in [6.07, 6.45) is -0.655. The number of hydrogen-bond acceptors (Lipinski definition) is 3. The zero-order chi connectivity index (χ0) is 20.1. The van der Waals surface area contributed by atoms with E-state index in [4.69, 9.17) is 4.74 Å². The SMILES string of the molecule is CN=C(NC1CC1c1ccccc1OC(F)(F)F)N(C)CCC1CCOCC1. The largest absolute Gasteiger partial charge is 0.573 e. The van der Waals surface area contributed by atoms with Gasteiger partial charge in [-0.1, -0.05) is 18.2 Å². The molecule has 1 N–H and O–H groups in total. The highest BCUT2D eigenvalue weighted by molar-refractivity contribution is 5.80. The van der Waals surface area contributed by atoms with E-state index < -0.39 is 6.36 Å². The van der Waals surface area contributed by atoms with Crippen LogP contribution in [0.25, 0.3) is 0 Å². The summed E-state index contributed by atoms with van der Waals surface area (Å²) in [5, 5.41) is 3.38. The Morgan fingerprint density at radius 3 is 2.68 bits per heavy atom. The van der Waals surface area contributed by atoms with Gasteiger partial charge in [-0.3, -0.25) is 4.99 Å². The number of guanidine groups is 1. The lowest BCUT2D eigenvalue weighted by Crippen LogP contribution is -2.41. The van der Waals surface area contributed by atoms with E-state index in [1.807, 2.05) is 7.05 Å². The third kappa shape index (κ3) is 5.77. The summed E-state index contributed by atoms with van der Waals surface area (Å²) in [6, 6.07) is 6.42. The van der Waals surface area contributed by atoms with Crippen molar-refractivity contribution in [2.75, 3.05) is 33.9 Å². The van der Waals surface area contributed by atoms with Gasteiger partial charge >= 0.3 is 6.36 Å². The Morgan fingerprint density at radius 1 is 1.29 bits per heavy atom. The van der Waals surface area contributed by atoms with Gasteiger partial charge in [-0.15, -0.1) is 13.2 Å². The zero-order valence-corrected chi connectivity index (χ0v) is 16.3. The molecular formula is C20H28F3N3O2. The molecule has 1 aromatic carbocycles. The van der Waals surface area contributed by atoms with E-state index in [0.717, 1.165) is 51.4 Å². The molecule has 2 aliphatic rings. The maximum Gasteiger partial charge on any atom is 0.573 e. The van der Waals surface area contributed by atoms with Crippen LogP contribution in [0.15, 0.2) is 29.3 Å². The topological polar surface area (TPSA) is 46.1 Å². The van der Waals surface area contributed by atoms with E-state index in [1.165, 1.54) is 6.07 Å². The van der Waals surface area contributed by atoms with Gasteiger partial charge in [0.2, 0.25) is 0 Å². The Bertz CT molecular complexity index is 675. The van der Waals surface area contributed by atoms with E-state index >= 15 is 0 Å². The highest BCUT2D eigenvalue weighted by Crippen LogP contribution is 2.45. The van der Waals surface area contributed by atoms with Crippen molar-refractivity contribution in [3.8, 4) is 5.75 Å². The smallest absolute Gasteiger partial charge is 0.405 e. The normalized spacial score (nSPS) is 23.4. The average Bonchev–Trinajstić information content (AvgIpc) is 3.43. The fraction of sp³-hybridized carbons (Fsp3) is 0.650. The Hall–Kier alpha value is -1.96. The van der Waals surface area contributed by atoms with Crippen LogP contribution in [0.3, 0.4) is 0 Å². The molecule has 1 saturated heterocycles. The summed E-state index contributed by atoms with van der Waals surface area (Å²) in [5.74, 6) is 1.31. The van der Waals surface area contributed by atoms with E-state index in [9.17, 15) is 13.2 Å². The molecule has 0 amide bonds. The summed E-state index contributed by atoms with van der Waals surface area (Å²) in [7, 11) is 3.72. The second kappa shape index (κ2) is 9.03. The molecule has 2 fully saturated rings. The van der Waals surface area contributed by atoms with Crippen molar-refractivity contribution >= 4 is 5.96 Å².